The summed E-state index contributed by atoms with van der Waals surface area (Å²) >= 11 is 0. The van der Waals surface area contributed by atoms with Gasteiger partial charge in [-0.3, -0.25) is 9.69 Å². The fraction of sp³-hybridized carbons (Fsp3) is 0.300. The lowest BCUT2D eigenvalue weighted by atomic mass is 9.93. The van der Waals surface area contributed by atoms with E-state index < -0.39 is 5.54 Å². The van der Waals surface area contributed by atoms with Gasteiger partial charge in [0.25, 0.3) is 5.91 Å². The maximum Gasteiger partial charge on any atom is 0.325 e. The van der Waals surface area contributed by atoms with E-state index in [0.717, 1.165) is 17.5 Å². The van der Waals surface area contributed by atoms with Crippen molar-refractivity contribution in [1.29, 1.82) is 0 Å². The number of hydrogen-bond acceptors (Lipinski definition) is 4. The van der Waals surface area contributed by atoms with Gasteiger partial charge < -0.3 is 14.8 Å². The Hall–Kier alpha value is -3.02. The molecule has 0 aliphatic carbocycles. The molecule has 0 bridgehead atoms. The quantitative estimate of drug-likeness (QED) is 0.840. The Kier molecular flexibility index (Phi) is 4.03. The van der Waals surface area contributed by atoms with Crippen LogP contribution >= 0.6 is 0 Å². The lowest BCUT2D eigenvalue weighted by Gasteiger charge is -2.21. The molecule has 2 aromatic rings. The average molecular weight is 352 g/mol. The summed E-state index contributed by atoms with van der Waals surface area (Å²) < 4.78 is 10.7. The van der Waals surface area contributed by atoms with Gasteiger partial charge in [-0.1, -0.05) is 36.4 Å². The van der Waals surface area contributed by atoms with Crippen LogP contribution in [0.4, 0.5) is 4.79 Å². The number of fused-ring (bicyclic) bond motifs is 1. The van der Waals surface area contributed by atoms with Crippen LogP contribution in [0.5, 0.6) is 11.5 Å². The van der Waals surface area contributed by atoms with Crippen molar-refractivity contribution in [1.82, 2.24) is 10.2 Å². The van der Waals surface area contributed by atoms with Crippen LogP contribution in [-0.2, 0) is 17.8 Å². The van der Waals surface area contributed by atoms with Crippen LogP contribution < -0.4 is 14.8 Å². The third-order valence-corrected chi connectivity index (χ3v) is 4.88. The molecule has 1 saturated heterocycles. The van der Waals surface area contributed by atoms with E-state index in [0.29, 0.717) is 17.9 Å². The molecule has 6 heteroatoms. The molecule has 0 unspecified atom stereocenters. The van der Waals surface area contributed by atoms with Gasteiger partial charge in [-0.15, -0.1) is 0 Å². The van der Waals surface area contributed by atoms with Gasteiger partial charge in [0.15, 0.2) is 11.5 Å². The second-order valence-corrected chi connectivity index (χ2v) is 6.83. The van der Waals surface area contributed by atoms with Crippen LogP contribution in [0.15, 0.2) is 48.5 Å². The summed E-state index contributed by atoms with van der Waals surface area (Å²) in [5, 5.41) is 2.85. The molecule has 2 aliphatic rings. The SMILES string of the molecule is C[C@]1(CCc2ccccc2)NC(=O)N(Cc2ccc3c(c2)OCO3)C1=O. The molecule has 4 rings (SSSR count). The summed E-state index contributed by atoms with van der Waals surface area (Å²) in [6, 6.07) is 15.0. The summed E-state index contributed by atoms with van der Waals surface area (Å²) in [5.74, 6) is 1.12. The standard InChI is InChI=1S/C20H20N2O4/c1-20(10-9-14-5-3-2-4-6-14)18(23)22(19(24)21-20)12-15-7-8-16-17(11-15)26-13-25-16/h2-8,11H,9-10,12-13H2,1H3,(H,21,24)/t20-/m1/s1. The van der Waals surface area contributed by atoms with Crippen molar-refractivity contribution < 1.29 is 19.1 Å². The van der Waals surface area contributed by atoms with Gasteiger partial charge in [0.05, 0.1) is 6.54 Å². The Bertz CT molecular complexity index is 852. The van der Waals surface area contributed by atoms with Crippen molar-refractivity contribution in [2.75, 3.05) is 6.79 Å². The van der Waals surface area contributed by atoms with E-state index in [1.54, 1.807) is 13.0 Å². The Morgan fingerprint density at radius 3 is 2.62 bits per heavy atom. The Labute approximate surface area is 151 Å². The summed E-state index contributed by atoms with van der Waals surface area (Å²) in [6.07, 6.45) is 1.28. The van der Waals surface area contributed by atoms with Crippen molar-refractivity contribution in [2.24, 2.45) is 0 Å². The fourth-order valence-electron chi connectivity index (χ4n) is 3.32. The zero-order valence-corrected chi connectivity index (χ0v) is 14.5. The van der Waals surface area contributed by atoms with Gasteiger partial charge in [0.1, 0.15) is 5.54 Å². The third-order valence-electron chi connectivity index (χ3n) is 4.88. The number of nitrogens with one attached hydrogen (secondary N) is 1. The van der Waals surface area contributed by atoms with Gasteiger partial charge in [-0.05, 0) is 43.0 Å². The first-order valence-electron chi connectivity index (χ1n) is 8.62. The summed E-state index contributed by atoms with van der Waals surface area (Å²) in [5.41, 5.74) is 1.08. The third kappa shape index (κ3) is 2.98. The number of hydrogen-bond donors (Lipinski definition) is 1. The minimum Gasteiger partial charge on any atom is -0.454 e. The highest BCUT2D eigenvalue weighted by molar-refractivity contribution is 6.06. The topological polar surface area (TPSA) is 67.9 Å². The number of benzene rings is 2. The van der Waals surface area contributed by atoms with E-state index in [4.69, 9.17) is 9.47 Å². The number of carbonyl (C=O) groups is 2. The highest BCUT2D eigenvalue weighted by Gasteiger charge is 2.47. The average Bonchev–Trinajstić information content (AvgIpc) is 3.19. The van der Waals surface area contributed by atoms with E-state index in [1.807, 2.05) is 42.5 Å². The van der Waals surface area contributed by atoms with Gasteiger partial charge >= 0.3 is 6.03 Å². The first kappa shape index (κ1) is 16.4. The zero-order chi connectivity index (χ0) is 18.1. The number of rotatable bonds is 5. The summed E-state index contributed by atoms with van der Waals surface area (Å²) in [6.45, 7) is 2.19. The Morgan fingerprint density at radius 2 is 1.81 bits per heavy atom. The molecule has 26 heavy (non-hydrogen) atoms. The van der Waals surface area contributed by atoms with Crippen molar-refractivity contribution in [2.45, 2.75) is 31.8 Å². The first-order chi connectivity index (χ1) is 12.5. The second-order valence-electron chi connectivity index (χ2n) is 6.83. The number of amides is 3. The minimum atomic E-state index is -0.886. The molecular formula is C20H20N2O4. The van der Waals surface area contributed by atoms with E-state index in [1.165, 1.54) is 4.90 Å². The molecule has 2 aromatic carbocycles. The van der Waals surface area contributed by atoms with Crippen LogP contribution in [0.25, 0.3) is 0 Å². The molecule has 0 spiro atoms. The lowest BCUT2D eigenvalue weighted by Crippen LogP contribution is -2.44. The number of aryl methyl sites for hydroxylation is 1. The van der Waals surface area contributed by atoms with Crippen LogP contribution in [0.1, 0.15) is 24.5 Å². The molecule has 3 amide bonds. The van der Waals surface area contributed by atoms with Crippen LogP contribution in [0, 0.1) is 0 Å². The normalized spacial score (nSPS) is 21.2. The molecule has 1 fully saturated rings. The van der Waals surface area contributed by atoms with Gasteiger partial charge in [-0.25, -0.2) is 4.79 Å². The van der Waals surface area contributed by atoms with Crippen LogP contribution in [0.3, 0.4) is 0 Å². The first-order valence-corrected chi connectivity index (χ1v) is 8.62. The number of urea groups is 1. The summed E-state index contributed by atoms with van der Waals surface area (Å²) in [4.78, 5) is 26.5. The van der Waals surface area contributed by atoms with E-state index in [2.05, 4.69) is 5.32 Å². The van der Waals surface area contributed by atoms with Crippen LogP contribution in [0.2, 0.25) is 0 Å². The highest BCUT2D eigenvalue weighted by Crippen LogP contribution is 2.33. The number of ether oxygens (including phenoxy) is 2. The lowest BCUT2D eigenvalue weighted by molar-refractivity contribution is -0.131. The van der Waals surface area contributed by atoms with E-state index in [-0.39, 0.29) is 25.3 Å². The molecule has 0 aromatic heterocycles. The van der Waals surface area contributed by atoms with Crippen LogP contribution in [-0.4, -0.2) is 29.2 Å². The molecule has 2 heterocycles. The van der Waals surface area contributed by atoms with Crippen molar-refractivity contribution in [3.63, 3.8) is 0 Å². The highest BCUT2D eigenvalue weighted by atomic mass is 16.7. The van der Waals surface area contributed by atoms with Crippen molar-refractivity contribution in [3.8, 4) is 11.5 Å². The maximum atomic E-state index is 12.9. The zero-order valence-electron chi connectivity index (χ0n) is 14.5. The Morgan fingerprint density at radius 1 is 1.04 bits per heavy atom. The molecular weight excluding hydrogens is 332 g/mol. The molecule has 0 radical (unpaired) electrons. The number of imide groups is 1. The molecule has 6 nitrogen and oxygen atoms in total. The monoisotopic (exact) mass is 352 g/mol. The minimum absolute atomic E-state index is 0.194. The fourth-order valence-corrected chi connectivity index (χ4v) is 3.32. The van der Waals surface area contributed by atoms with E-state index in [9.17, 15) is 9.59 Å². The molecule has 2 aliphatic heterocycles. The van der Waals surface area contributed by atoms with Crippen molar-refractivity contribution in [3.05, 3.63) is 59.7 Å². The predicted octanol–water partition coefficient (Wildman–Crippen LogP) is 2.86. The maximum absolute atomic E-state index is 12.9. The van der Waals surface area contributed by atoms with Gasteiger partial charge in [-0.2, -0.15) is 0 Å². The number of carbonyl (C=O) groups excluding carboxylic acids is 2. The van der Waals surface area contributed by atoms with E-state index >= 15 is 0 Å². The molecule has 1 atom stereocenters. The second kappa shape index (κ2) is 6.37. The molecule has 134 valence electrons. The van der Waals surface area contributed by atoms with Crippen molar-refractivity contribution >= 4 is 11.9 Å². The summed E-state index contributed by atoms with van der Waals surface area (Å²) in [7, 11) is 0. The largest absolute Gasteiger partial charge is 0.454 e. The Balaban J connectivity index is 1.46. The van der Waals surface area contributed by atoms with Gasteiger partial charge in [0.2, 0.25) is 6.79 Å². The molecule has 0 saturated carbocycles. The van der Waals surface area contributed by atoms with Gasteiger partial charge in [0, 0.05) is 0 Å². The number of nitrogens with zero attached hydrogens (tertiary/aromatic N) is 1. The smallest absolute Gasteiger partial charge is 0.325 e. The molecule has 1 N–H and O–H groups in total. The predicted molar refractivity (Wildman–Crippen MR) is 94.8 cm³/mol.